The van der Waals surface area contributed by atoms with Gasteiger partial charge >= 0.3 is 0 Å². The summed E-state index contributed by atoms with van der Waals surface area (Å²) in [6.45, 7) is 3.70. The van der Waals surface area contributed by atoms with Gasteiger partial charge in [-0.05, 0) is 42.5 Å². The molecule has 0 spiro atoms. The van der Waals surface area contributed by atoms with Crippen LogP contribution in [0.5, 0.6) is 0 Å². The van der Waals surface area contributed by atoms with Crippen molar-refractivity contribution in [2.45, 2.75) is 20.3 Å². The zero-order valence-corrected chi connectivity index (χ0v) is 17.2. The monoisotopic (exact) mass is 399 g/mol. The minimum atomic E-state index is -0.340. The van der Waals surface area contributed by atoms with Crippen molar-refractivity contribution in [3.63, 3.8) is 0 Å². The average Bonchev–Trinajstić information content (AvgIpc) is 3.36. The quantitative estimate of drug-likeness (QED) is 0.423. The maximum atomic E-state index is 12.0. The summed E-state index contributed by atoms with van der Waals surface area (Å²) in [5.74, 6) is 0.452. The number of allylic oxidation sites excluding steroid dienone is 4. The Bertz CT molecular complexity index is 1030. The van der Waals surface area contributed by atoms with Crippen molar-refractivity contribution in [3.8, 4) is 0 Å². The van der Waals surface area contributed by atoms with Crippen molar-refractivity contribution in [3.05, 3.63) is 89.0 Å². The molecule has 0 heterocycles. The van der Waals surface area contributed by atoms with Crippen LogP contribution in [0.4, 0.5) is 0 Å². The van der Waals surface area contributed by atoms with Gasteiger partial charge in [0.15, 0.2) is 6.61 Å². The first kappa shape index (κ1) is 19.8. The highest BCUT2D eigenvalue weighted by Gasteiger charge is 2.34. The summed E-state index contributed by atoms with van der Waals surface area (Å²) in [7, 11) is 0. The minimum Gasteiger partial charge on any atom is -0.385 e. The fourth-order valence-electron chi connectivity index (χ4n) is 3.96. The summed E-state index contributed by atoms with van der Waals surface area (Å²) in [5.41, 5.74) is 9.09. The lowest BCUT2D eigenvalue weighted by Gasteiger charge is -2.13. The molecular formula is C25H25N3O2. The zero-order valence-electron chi connectivity index (χ0n) is 17.2. The highest BCUT2D eigenvalue weighted by Crippen LogP contribution is 2.47. The van der Waals surface area contributed by atoms with Gasteiger partial charge in [0.1, 0.15) is 0 Å². The molecule has 2 aromatic carbocycles. The number of oxime groups is 1. The smallest absolute Gasteiger partial charge is 0.280 e. The molecule has 5 heteroatoms. The lowest BCUT2D eigenvalue weighted by Crippen LogP contribution is -2.22. The van der Waals surface area contributed by atoms with E-state index in [1.54, 1.807) is 6.21 Å². The van der Waals surface area contributed by atoms with Crippen LogP contribution in [0.1, 0.15) is 30.0 Å². The SMILES string of the molecule is C/C(=N/OCC(=O)N/N=C\C1=C(c2ccccc2)[C@H]2C=C[C@H]1C2)c1ccc(C)cc1. The van der Waals surface area contributed by atoms with Crippen molar-refractivity contribution >= 4 is 23.4 Å². The fourth-order valence-corrected chi connectivity index (χ4v) is 3.96. The summed E-state index contributed by atoms with van der Waals surface area (Å²) in [6, 6.07) is 18.3. The van der Waals surface area contributed by atoms with Crippen molar-refractivity contribution in [2.75, 3.05) is 6.61 Å². The lowest BCUT2D eigenvalue weighted by molar-refractivity contribution is -0.125. The van der Waals surface area contributed by atoms with Crippen molar-refractivity contribution in [2.24, 2.45) is 22.1 Å². The van der Waals surface area contributed by atoms with Crippen LogP contribution in [0.25, 0.3) is 5.57 Å². The number of fused-ring (bicyclic) bond motifs is 2. The van der Waals surface area contributed by atoms with Gasteiger partial charge in [0.25, 0.3) is 5.91 Å². The van der Waals surface area contributed by atoms with Gasteiger partial charge in [-0.25, -0.2) is 5.43 Å². The Hall–Kier alpha value is -3.47. The maximum absolute atomic E-state index is 12.0. The number of hydrazone groups is 1. The van der Waals surface area contributed by atoms with Crippen LogP contribution in [0.2, 0.25) is 0 Å². The van der Waals surface area contributed by atoms with Gasteiger partial charge in [0, 0.05) is 11.8 Å². The number of benzene rings is 2. The van der Waals surface area contributed by atoms with E-state index in [0.29, 0.717) is 11.8 Å². The molecular weight excluding hydrogens is 374 g/mol. The molecule has 2 atom stereocenters. The van der Waals surface area contributed by atoms with Crippen molar-refractivity contribution in [1.29, 1.82) is 0 Å². The third kappa shape index (κ3) is 4.40. The van der Waals surface area contributed by atoms with Crippen molar-refractivity contribution in [1.82, 2.24) is 5.43 Å². The minimum absolute atomic E-state index is 0.183. The molecule has 2 bridgehead atoms. The highest BCUT2D eigenvalue weighted by molar-refractivity contribution is 5.98. The number of hydrogen-bond donors (Lipinski definition) is 1. The number of aryl methyl sites for hydroxylation is 1. The number of nitrogens with zero attached hydrogens (tertiary/aromatic N) is 2. The Morgan fingerprint density at radius 2 is 1.83 bits per heavy atom. The van der Waals surface area contributed by atoms with E-state index in [-0.39, 0.29) is 12.5 Å². The van der Waals surface area contributed by atoms with E-state index in [1.165, 1.54) is 22.3 Å². The Kier molecular flexibility index (Phi) is 5.89. The molecule has 2 aromatic rings. The van der Waals surface area contributed by atoms with E-state index in [4.69, 9.17) is 4.84 Å². The first-order chi connectivity index (χ1) is 14.6. The van der Waals surface area contributed by atoms with Crippen LogP contribution in [0.15, 0.2) is 82.6 Å². The first-order valence-corrected chi connectivity index (χ1v) is 10.1. The summed E-state index contributed by atoms with van der Waals surface area (Å²) in [6.07, 6.45) is 7.35. The topological polar surface area (TPSA) is 63.0 Å². The molecule has 152 valence electrons. The number of rotatable bonds is 7. The molecule has 0 fully saturated rings. The molecule has 4 rings (SSSR count). The summed E-state index contributed by atoms with van der Waals surface area (Å²) >= 11 is 0. The van der Waals surface area contributed by atoms with Gasteiger partial charge in [-0.1, -0.05) is 77.5 Å². The van der Waals surface area contributed by atoms with Gasteiger partial charge in [0.2, 0.25) is 0 Å². The van der Waals surface area contributed by atoms with Gasteiger partial charge in [-0.2, -0.15) is 5.10 Å². The Labute approximate surface area is 176 Å². The van der Waals surface area contributed by atoms with Gasteiger partial charge < -0.3 is 4.84 Å². The van der Waals surface area contributed by atoms with Gasteiger partial charge in [-0.15, -0.1) is 0 Å². The van der Waals surface area contributed by atoms with E-state index in [0.717, 1.165) is 17.7 Å². The molecule has 1 amide bonds. The molecule has 5 nitrogen and oxygen atoms in total. The predicted octanol–water partition coefficient (Wildman–Crippen LogP) is 4.50. The van der Waals surface area contributed by atoms with E-state index < -0.39 is 0 Å². The van der Waals surface area contributed by atoms with Crippen LogP contribution in [0, 0.1) is 18.8 Å². The maximum Gasteiger partial charge on any atom is 0.280 e. The van der Waals surface area contributed by atoms with Gasteiger partial charge in [-0.3, -0.25) is 4.79 Å². The van der Waals surface area contributed by atoms with Gasteiger partial charge in [0.05, 0.1) is 11.9 Å². The second-order valence-electron chi connectivity index (χ2n) is 7.68. The Morgan fingerprint density at radius 3 is 2.60 bits per heavy atom. The fraction of sp³-hybridized carbons (Fsp3) is 0.240. The van der Waals surface area contributed by atoms with E-state index in [2.05, 4.69) is 40.0 Å². The first-order valence-electron chi connectivity index (χ1n) is 10.1. The number of nitrogens with one attached hydrogen (secondary N) is 1. The Balaban J connectivity index is 1.34. The highest BCUT2D eigenvalue weighted by atomic mass is 16.6. The van der Waals surface area contributed by atoms with E-state index in [9.17, 15) is 4.79 Å². The van der Waals surface area contributed by atoms with Crippen LogP contribution < -0.4 is 5.43 Å². The molecule has 2 aliphatic rings. The molecule has 0 radical (unpaired) electrons. The molecule has 0 aromatic heterocycles. The second-order valence-corrected chi connectivity index (χ2v) is 7.68. The predicted molar refractivity (Wildman–Crippen MR) is 120 cm³/mol. The third-order valence-electron chi connectivity index (χ3n) is 5.51. The lowest BCUT2D eigenvalue weighted by atomic mass is 9.92. The van der Waals surface area contributed by atoms with Crippen LogP contribution >= 0.6 is 0 Å². The molecule has 30 heavy (non-hydrogen) atoms. The van der Waals surface area contributed by atoms with Crippen LogP contribution in [-0.4, -0.2) is 24.4 Å². The molecule has 0 saturated heterocycles. The zero-order chi connectivity index (χ0) is 20.9. The largest absolute Gasteiger partial charge is 0.385 e. The Morgan fingerprint density at radius 1 is 1.10 bits per heavy atom. The third-order valence-corrected chi connectivity index (χ3v) is 5.51. The molecule has 2 aliphatic carbocycles. The number of hydrogen-bond acceptors (Lipinski definition) is 4. The number of carbonyl (C=O) groups excluding carboxylic acids is 1. The summed E-state index contributed by atoms with van der Waals surface area (Å²) in [4.78, 5) is 17.2. The molecule has 0 saturated carbocycles. The van der Waals surface area contributed by atoms with Crippen LogP contribution in [0.3, 0.4) is 0 Å². The normalized spacial score (nSPS) is 20.3. The van der Waals surface area contributed by atoms with Crippen LogP contribution in [-0.2, 0) is 9.63 Å². The standard InChI is InChI=1S/C25H25N3O2/c1-17-8-10-19(11-9-17)18(2)28-30-16-24(29)27-26-15-23-21-12-13-22(14-21)25(23)20-6-4-3-5-7-20/h3-13,15,21-22H,14,16H2,1-2H3,(H,27,29)/b26-15-,28-18-/t21-,22-/m0/s1. The average molecular weight is 399 g/mol. The van der Waals surface area contributed by atoms with Crippen molar-refractivity contribution < 1.29 is 9.63 Å². The number of carbonyl (C=O) groups is 1. The summed E-state index contributed by atoms with van der Waals surface area (Å²) in [5, 5.41) is 8.19. The molecule has 0 unspecified atom stereocenters. The van der Waals surface area contributed by atoms with E-state index in [1.807, 2.05) is 56.3 Å². The number of amides is 1. The van der Waals surface area contributed by atoms with E-state index >= 15 is 0 Å². The summed E-state index contributed by atoms with van der Waals surface area (Å²) < 4.78 is 0. The molecule has 0 aliphatic heterocycles. The second kappa shape index (κ2) is 8.91. The molecule has 1 N–H and O–H groups in total.